The predicted molar refractivity (Wildman–Crippen MR) is 94.8 cm³/mol. The Morgan fingerprint density at radius 1 is 1.15 bits per heavy atom. The number of nitrogens with one attached hydrogen (secondary N) is 1. The van der Waals surface area contributed by atoms with Crippen LogP contribution < -0.4 is 5.32 Å². The molecule has 0 bridgehead atoms. The Morgan fingerprint density at radius 3 is 2.65 bits per heavy atom. The van der Waals surface area contributed by atoms with Crippen molar-refractivity contribution >= 4 is 17.5 Å². The van der Waals surface area contributed by atoms with Gasteiger partial charge in [-0.1, -0.05) is 12.1 Å². The molecular formula is C20H20F2N2O2. The van der Waals surface area contributed by atoms with Gasteiger partial charge in [0.25, 0.3) is 5.91 Å². The molecule has 1 heterocycles. The van der Waals surface area contributed by atoms with Crippen molar-refractivity contribution in [1.82, 2.24) is 4.90 Å². The first-order chi connectivity index (χ1) is 12.5. The molecule has 0 unspecified atom stereocenters. The number of piperidine rings is 1. The van der Waals surface area contributed by atoms with E-state index < -0.39 is 11.7 Å². The van der Waals surface area contributed by atoms with Crippen LogP contribution in [-0.2, 0) is 4.79 Å². The van der Waals surface area contributed by atoms with Crippen molar-refractivity contribution in [2.45, 2.75) is 19.8 Å². The first-order valence-electron chi connectivity index (χ1n) is 8.56. The monoisotopic (exact) mass is 358 g/mol. The summed E-state index contributed by atoms with van der Waals surface area (Å²) in [7, 11) is 0. The van der Waals surface area contributed by atoms with Crippen molar-refractivity contribution in [1.29, 1.82) is 0 Å². The van der Waals surface area contributed by atoms with Gasteiger partial charge in [0, 0.05) is 18.8 Å². The van der Waals surface area contributed by atoms with Crippen LogP contribution in [0.5, 0.6) is 0 Å². The summed E-state index contributed by atoms with van der Waals surface area (Å²) in [5.74, 6) is -1.93. The molecule has 0 aliphatic carbocycles. The summed E-state index contributed by atoms with van der Waals surface area (Å²) in [6, 6.07) is 10.0. The Labute approximate surface area is 150 Å². The van der Waals surface area contributed by atoms with Crippen LogP contribution in [0.15, 0.2) is 42.5 Å². The molecular weight excluding hydrogens is 338 g/mol. The van der Waals surface area contributed by atoms with E-state index in [1.54, 1.807) is 13.0 Å². The van der Waals surface area contributed by atoms with Crippen LogP contribution in [0.25, 0.3) is 0 Å². The van der Waals surface area contributed by atoms with Gasteiger partial charge in [-0.05, 0) is 55.7 Å². The van der Waals surface area contributed by atoms with Gasteiger partial charge >= 0.3 is 0 Å². The predicted octanol–water partition coefficient (Wildman–Crippen LogP) is 3.76. The maximum Gasteiger partial charge on any atom is 0.256 e. The highest BCUT2D eigenvalue weighted by Gasteiger charge is 2.30. The third-order valence-corrected chi connectivity index (χ3v) is 4.63. The minimum Gasteiger partial charge on any atom is -0.338 e. The van der Waals surface area contributed by atoms with Gasteiger partial charge in [-0.25, -0.2) is 8.78 Å². The molecule has 1 aliphatic rings. The first-order valence-corrected chi connectivity index (χ1v) is 8.56. The van der Waals surface area contributed by atoms with Gasteiger partial charge in [0.15, 0.2) is 0 Å². The summed E-state index contributed by atoms with van der Waals surface area (Å²) >= 11 is 0. The van der Waals surface area contributed by atoms with E-state index in [9.17, 15) is 18.4 Å². The molecule has 1 N–H and O–H groups in total. The van der Waals surface area contributed by atoms with Gasteiger partial charge in [0.1, 0.15) is 11.6 Å². The van der Waals surface area contributed by atoms with Crippen LogP contribution in [-0.4, -0.2) is 29.8 Å². The summed E-state index contributed by atoms with van der Waals surface area (Å²) in [6.45, 7) is 2.44. The zero-order valence-electron chi connectivity index (χ0n) is 14.5. The molecule has 0 radical (unpaired) electrons. The molecule has 1 aliphatic heterocycles. The van der Waals surface area contributed by atoms with Crippen LogP contribution in [0.2, 0.25) is 0 Å². The average molecular weight is 358 g/mol. The molecule has 1 fully saturated rings. The quantitative estimate of drug-likeness (QED) is 0.908. The molecule has 2 aromatic rings. The number of nitrogens with zero attached hydrogens (tertiary/aromatic N) is 1. The number of carbonyl (C=O) groups is 2. The van der Waals surface area contributed by atoms with E-state index in [-0.39, 0.29) is 29.8 Å². The number of carbonyl (C=O) groups excluding carboxylic acids is 2. The number of benzene rings is 2. The van der Waals surface area contributed by atoms with Gasteiger partial charge in [-0.2, -0.15) is 0 Å². The Morgan fingerprint density at radius 2 is 1.92 bits per heavy atom. The standard InChI is InChI=1S/C20H20F2N2O2/c1-13-11-15(21)8-9-18(13)23-19(25)14-5-4-10-24(12-14)20(26)16-6-2-3-7-17(16)22/h2-3,6-9,11,14H,4-5,10,12H2,1H3,(H,23,25)/t14-/m0/s1. The van der Waals surface area contributed by atoms with Crippen LogP contribution in [0.3, 0.4) is 0 Å². The van der Waals surface area contributed by atoms with Crippen LogP contribution in [0.4, 0.5) is 14.5 Å². The lowest BCUT2D eigenvalue weighted by Gasteiger charge is -2.32. The fourth-order valence-electron chi connectivity index (χ4n) is 3.18. The molecule has 2 amide bonds. The SMILES string of the molecule is Cc1cc(F)ccc1NC(=O)[C@H]1CCCN(C(=O)c2ccccc2F)C1. The fraction of sp³-hybridized carbons (Fsp3) is 0.300. The number of aryl methyl sites for hydroxylation is 1. The van der Waals surface area contributed by atoms with E-state index in [1.807, 2.05) is 0 Å². The summed E-state index contributed by atoms with van der Waals surface area (Å²) in [5.41, 5.74) is 1.20. The molecule has 4 nitrogen and oxygen atoms in total. The summed E-state index contributed by atoms with van der Waals surface area (Å²) in [4.78, 5) is 26.6. The largest absolute Gasteiger partial charge is 0.338 e. The highest BCUT2D eigenvalue weighted by molar-refractivity contribution is 5.96. The van der Waals surface area contributed by atoms with Gasteiger partial charge in [-0.15, -0.1) is 0 Å². The van der Waals surface area contributed by atoms with Crippen molar-refractivity contribution in [3.8, 4) is 0 Å². The Hall–Kier alpha value is -2.76. The fourth-order valence-corrected chi connectivity index (χ4v) is 3.18. The van der Waals surface area contributed by atoms with Gasteiger partial charge in [0.05, 0.1) is 11.5 Å². The molecule has 136 valence electrons. The zero-order valence-corrected chi connectivity index (χ0v) is 14.5. The molecule has 0 aromatic heterocycles. The van der Waals surface area contributed by atoms with Gasteiger partial charge in [0.2, 0.25) is 5.91 Å². The Balaban J connectivity index is 1.69. The topological polar surface area (TPSA) is 49.4 Å². The van der Waals surface area contributed by atoms with E-state index in [0.717, 1.165) is 0 Å². The highest BCUT2D eigenvalue weighted by Crippen LogP contribution is 2.23. The molecule has 1 atom stereocenters. The first kappa shape index (κ1) is 18.0. The maximum atomic E-state index is 13.9. The minimum absolute atomic E-state index is 0.0166. The normalized spacial score (nSPS) is 17.0. The smallest absolute Gasteiger partial charge is 0.256 e. The maximum absolute atomic E-state index is 13.9. The van der Waals surface area contributed by atoms with E-state index in [0.29, 0.717) is 30.6 Å². The van der Waals surface area contributed by atoms with Crippen molar-refractivity contribution < 1.29 is 18.4 Å². The third kappa shape index (κ3) is 3.90. The average Bonchev–Trinajstić information content (AvgIpc) is 2.64. The lowest BCUT2D eigenvalue weighted by Crippen LogP contribution is -2.44. The van der Waals surface area contributed by atoms with E-state index in [4.69, 9.17) is 0 Å². The summed E-state index contributed by atoms with van der Waals surface area (Å²) < 4.78 is 27.0. The molecule has 0 saturated carbocycles. The number of rotatable bonds is 3. The number of hydrogen-bond acceptors (Lipinski definition) is 2. The molecule has 6 heteroatoms. The van der Waals surface area contributed by atoms with Gasteiger partial charge < -0.3 is 10.2 Å². The van der Waals surface area contributed by atoms with Crippen molar-refractivity contribution in [3.63, 3.8) is 0 Å². The van der Waals surface area contributed by atoms with Crippen molar-refractivity contribution in [2.75, 3.05) is 18.4 Å². The number of halogens is 2. The second kappa shape index (κ2) is 7.64. The zero-order chi connectivity index (χ0) is 18.7. The van der Waals surface area contributed by atoms with Crippen LogP contribution in [0, 0.1) is 24.5 Å². The molecule has 3 rings (SSSR count). The van der Waals surface area contributed by atoms with Gasteiger partial charge in [-0.3, -0.25) is 9.59 Å². The number of likely N-dealkylation sites (tertiary alicyclic amines) is 1. The summed E-state index contributed by atoms with van der Waals surface area (Å²) in [6.07, 6.45) is 1.31. The molecule has 2 aromatic carbocycles. The van der Waals surface area contributed by atoms with E-state index in [1.165, 1.54) is 41.3 Å². The highest BCUT2D eigenvalue weighted by atomic mass is 19.1. The third-order valence-electron chi connectivity index (χ3n) is 4.63. The Kier molecular flexibility index (Phi) is 5.30. The summed E-state index contributed by atoms with van der Waals surface area (Å²) in [5, 5.41) is 2.80. The van der Waals surface area contributed by atoms with Crippen LogP contribution >= 0.6 is 0 Å². The second-order valence-electron chi connectivity index (χ2n) is 6.52. The lowest BCUT2D eigenvalue weighted by atomic mass is 9.96. The molecule has 26 heavy (non-hydrogen) atoms. The van der Waals surface area contributed by atoms with Crippen LogP contribution in [0.1, 0.15) is 28.8 Å². The van der Waals surface area contributed by atoms with E-state index >= 15 is 0 Å². The van der Waals surface area contributed by atoms with Crippen molar-refractivity contribution in [2.24, 2.45) is 5.92 Å². The number of hydrogen-bond donors (Lipinski definition) is 1. The minimum atomic E-state index is -0.564. The lowest BCUT2D eigenvalue weighted by molar-refractivity contribution is -0.121. The van der Waals surface area contributed by atoms with Crippen molar-refractivity contribution in [3.05, 3.63) is 65.2 Å². The second-order valence-corrected chi connectivity index (χ2v) is 6.52. The van der Waals surface area contributed by atoms with E-state index in [2.05, 4.69) is 5.32 Å². The Bertz CT molecular complexity index is 838. The number of amides is 2. The molecule has 1 saturated heterocycles. The molecule has 0 spiro atoms. The number of anilines is 1.